The van der Waals surface area contributed by atoms with Gasteiger partial charge in [-0.25, -0.2) is 4.79 Å². The van der Waals surface area contributed by atoms with Crippen LogP contribution in [0.5, 0.6) is 0 Å². The summed E-state index contributed by atoms with van der Waals surface area (Å²) in [5.74, 6) is 0.733. The quantitative estimate of drug-likeness (QED) is 0.688. The van der Waals surface area contributed by atoms with Crippen LogP contribution in [0.25, 0.3) is 0 Å². The average Bonchev–Trinajstić information content (AvgIpc) is 1.96. The standard InChI is InChI=1S/C12H18O2/c1-8-9(2)14-11(13)6-10(8)7-12(3,4)5/h6H,7H2,1-5H3. The molecule has 0 saturated heterocycles. The molecule has 0 fully saturated rings. The Labute approximate surface area is 85.0 Å². The molecule has 1 heterocycles. The molecule has 0 aromatic carbocycles. The molecule has 2 nitrogen and oxygen atoms in total. The number of hydrogen-bond acceptors (Lipinski definition) is 2. The predicted molar refractivity (Wildman–Crippen MR) is 57.6 cm³/mol. The van der Waals surface area contributed by atoms with Crippen molar-refractivity contribution in [3.05, 3.63) is 33.4 Å². The number of aryl methyl sites for hydroxylation is 1. The van der Waals surface area contributed by atoms with Crippen LogP contribution in [-0.4, -0.2) is 0 Å². The van der Waals surface area contributed by atoms with Gasteiger partial charge in [0.25, 0.3) is 0 Å². The molecule has 0 aliphatic carbocycles. The summed E-state index contributed by atoms with van der Waals surface area (Å²) in [6.07, 6.45) is 0.908. The summed E-state index contributed by atoms with van der Waals surface area (Å²) in [6, 6.07) is 1.60. The van der Waals surface area contributed by atoms with E-state index in [1.54, 1.807) is 6.07 Å². The van der Waals surface area contributed by atoms with E-state index in [4.69, 9.17) is 4.42 Å². The predicted octanol–water partition coefficient (Wildman–Crippen LogP) is 2.85. The highest BCUT2D eigenvalue weighted by Gasteiger charge is 2.14. The van der Waals surface area contributed by atoms with Gasteiger partial charge in [0.05, 0.1) is 0 Å². The molecule has 0 N–H and O–H groups in total. The molecule has 0 spiro atoms. The van der Waals surface area contributed by atoms with Crippen LogP contribution in [0.2, 0.25) is 0 Å². The van der Waals surface area contributed by atoms with E-state index in [1.807, 2.05) is 13.8 Å². The summed E-state index contributed by atoms with van der Waals surface area (Å²) in [5, 5.41) is 0. The van der Waals surface area contributed by atoms with Crippen LogP contribution in [0, 0.1) is 19.3 Å². The van der Waals surface area contributed by atoms with Gasteiger partial charge in [-0.2, -0.15) is 0 Å². The minimum Gasteiger partial charge on any atom is -0.428 e. The maximum absolute atomic E-state index is 11.2. The van der Waals surface area contributed by atoms with Crippen molar-refractivity contribution < 1.29 is 4.42 Å². The maximum Gasteiger partial charge on any atom is 0.336 e. The summed E-state index contributed by atoms with van der Waals surface area (Å²) in [4.78, 5) is 11.2. The van der Waals surface area contributed by atoms with Crippen LogP contribution >= 0.6 is 0 Å². The van der Waals surface area contributed by atoms with Gasteiger partial charge in [-0.15, -0.1) is 0 Å². The molecule has 0 amide bonds. The Morgan fingerprint density at radius 2 is 1.86 bits per heavy atom. The molecule has 0 saturated carbocycles. The Bertz CT molecular complexity index is 380. The SMILES string of the molecule is Cc1oc(=O)cc(CC(C)(C)C)c1C. The highest BCUT2D eigenvalue weighted by molar-refractivity contribution is 5.26. The molecule has 0 atom stereocenters. The van der Waals surface area contributed by atoms with Gasteiger partial charge < -0.3 is 4.42 Å². The molecule has 0 aliphatic heterocycles. The third kappa shape index (κ3) is 2.72. The third-order valence-electron chi connectivity index (χ3n) is 2.28. The van der Waals surface area contributed by atoms with Gasteiger partial charge in [0, 0.05) is 6.07 Å². The van der Waals surface area contributed by atoms with Crippen molar-refractivity contribution in [3.8, 4) is 0 Å². The first-order valence-corrected chi connectivity index (χ1v) is 4.90. The van der Waals surface area contributed by atoms with Gasteiger partial charge in [-0.05, 0) is 36.8 Å². The van der Waals surface area contributed by atoms with E-state index in [0.29, 0.717) is 0 Å². The zero-order valence-electron chi connectivity index (χ0n) is 9.60. The molecular weight excluding hydrogens is 176 g/mol. The normalized spacial score (nSPS) is 11.8. The van der Waals surface area contributed by atoms with Gasteiger partial charge in [0.2, 0.25) is 0 Å². The maximum atomic E-state index is 11.2. The second-order valence-electron chi connectivity index (χ2n) is 5.01. The van der Waals surface area contributed by atoms with Crippen LogP contribution in [-0.2, 0) is 6.42 Å². The largest absolute Gasteiger partial charge is 0.428 e. The lowest BCUT2D eigenvalue weighted by atomic mass is 9.87. The summed E-state index contributed by atoms with van der Waals surface area (Å²) in [6.45, 7) is 10.3. The Hall–Kier alpha value is -1.05. The minimum absolute atomic E-state index is 0.199. The van der Waals surface area contributed by atoms with Crippen LogP contribution in [0.15, 0.2) is 15.3 Å². The lowest BCUT2D eigenvalue weighted by Gasteiger charge is -2.19. The third-order valence-corrected chi connectivity index (χ3v) is 2.28. The van der Waals surface area contributed by atoms with E-state index >= 15 is 0 Å². The topological polar surface area (TPSA) is 30.2 Å². The van der Waals surface area contributed by atoms with E-state index in [0.717, 1.165) is 23.3 Å². The molecule has 78 valence electrons. The molecule has 1 aromatic rings. The fourth-order valence-electron chi connectivity index (χ4n) is 1.49. The van der Waals surface area contributed by atoms with Crippen molar-refractivity contribution in [1.82, 2.24) is 0 Å². The van der Waals surface area contributed by atoms with E-state index < -0.39 is 0 Å². The molecule has 14 heavy (non-hydrogen) atoms. The Balaban J connectivity index is 3.15. The first kappa shape index (κ1) is 11.0. The molecular formula is C12H18O2. The Morgan fingerprint density at radius 3 is 2.36 bits per heavy atom. The van der Waals surface area contributed by atoms with Gasteiger partial charge in [0.15, 0.2) is 0 Å². The Kier molecular flexibility index (Phi) is 2.84. The van der Waals surface area contributed by atoms with Crippen molar-refractivity contribution in [2.24, 2.45) is 5.41 Å². The van der Waals surface area contributed by atoms with E-state index in [1.165, 1.54) is 0 Å². The van der Waals surface area contributed by atoms with Crippen LogP contribution in [0.4, 0.5) is 0 Å². The second kappa shape index (κ2) is 3.60. The molecule has 2 heteroatoms. The van der Waals surface area contributed by atoms with E-state index in [2.05, 4.69) is 20.8 Å². The van der Waals surface area contributed by atoms with E-state index in [-0.39, 0.29) is 11.0 Å². The van der Waals surface area contributed by atoms with Crippen molar-refractivity contribution in [2.75, 3.05) is 0 Å². The van der Waals surface area contributed by atoms with Crippen LogP contribution in [0.3, 0.4) is 0 Å². The highest BCUT2D eigenvalue weighted by Crippen LogP contribution is 2.22. The van der Waals surface area contributed by atoms with Crippen LogP contribution in [0.1, 0.15) is 37.7 Å². The summed E-state index contributed by atoms with van der Waals surface area (Å²) >= 11 is 0. The van der Waals surface area contributed by atoms with Crippen molar-refractivity contribution in [3.63, 3.8) is 0 Å². The minimum atomic E-state index is -0.243. The van der Waals surface area contributed by atoms with Gasteiger partial charge in [-0.3, -0.25) is 0 Å². The Morgan fingerprint density at radius 1 is 1.29 bits per heavy atom. The summed E-state index contributed by atoms with van der Waals surface area (Å²) in [5.41, 5.74) is 2.16. The molecule has 0 unspecified atom stereocenters. The second-order valence-corrected chi connectivity index (χ2v) is 5.01. The van der Waals surface area contributed by atoms with Crippen molar-refractivity contribution in [2.45, 2.75) is 41.0 Å². The first-order valence-electron chi connectivity index (χ1n) is 4.90. The van der Waals surface area contributed by atoms with Crippen molar-refractivity contribution in [1.29, 1.82) is 0 Å². The fraction of sp³-hybridized carbons (Fsp3) is 0.583. The average molecular weight is 194 g/mol. The lowest BCUT2D eigenvalue weighted by Crippen LogP contribution is -2.13. The fourth-order valence-corrected chi connectivity index (χ4v) is 1.49. The smallest absolute Gasteiger partial charge is 0.336 e. The number of rotatable bonds is 1. The summed E-state index contributed by atoms with van der Waals surface area (Å²) in [7, 11) is 0. The van der Waals surface area contributed by atoms with Crippen LogP contribution < -0.4 is 5.63 Å². The zero-order chi connectivity index (χ0) is 10.9. The molecule has 1 aromatic heterocycles. The monoisotopic (exact) mass is 194 g/mol. The lowest BCUT2D eigenvalue weighted by molar-refractivity contribution is 0.403. The van der Waals surface area contributed by atoms with E-state index in [9.17, 15) is 4.79 Å². The van der Waals surface area contributed by atoms with Gasteiger partial charge >= 0.3 is 5.63 Å². The van der Waals surface area contributed by atoms with Gasteiger partial charge in [0.1, 0.15) is 5.76 Å². The summed E-state index contributed by atoms with van der Waals surface area (Å²) < 4.78 is 5.01. The molecule has 0 bridgehead atoms. The zero-order valence-corrected chi connectivity index (χ0v) is 9.60. The van der Waals surface area contributed by atoms with Crippen molar-refractivity contribution >= 4 is 0 Å². The molecule has 1 rings (SSSR count). The first-order chi connectivity index (χ1) is 6.29. The molecule has 0 radical (unpaired) electrons. The number of hydrogen-bond donors (Lipinski definition) is 0. The molecule has 0 aliphatic rings. The highest BCUT2D eigenvalue weighted by atomic mass is 16.4. The van der Waals surface area contributed by atoms with Gasteiger partial charge in [-0.1, -0.05) is 20.8 Å².